The Labute approximate surface area is 124 Å². The lowest BCUT2D eigenvalue weighted by molar-refractivity contribution is 0.0938. The lowest BCUT2D eigenvalue weighted by atomic mass is 10.2. The lowest BCUT2D eigenvalue weighted by Gasteiger charge is -2.11. The second-order valence-corrected chi connectivity index (χ2v) is 5.96. The largest absolute Gasteiger partial charge is 0.344 e. The Hall–Kier alpha value is -1.27. The van der Waals surface area contributed by atoms with E-state index in [0.717, 1.165) is 21.6 Å². The quantitative estimate of drug-likeness (QED) is 0.929. The van der Waals surface area contributed by atoms with Gasteiger partial charge in [0.25, 0.3) is 5.91 Å². The number of hydrogen-bond donors (Lipinski definition) is 1. The van der Waals surface area contributed by atoms with Gasteiger partial charge in [0.15, 0.2) is 0 Å². The monoisotopic (exact) mass is 339 g/mol. The molecule has 1 atom stereocenters. The zero-order valence-electron chi connectivity index (χ0n) is 10.7. The molecule has 19 heavy (non-hydrogen) atoms. The summed E-state index contributed by atoms with van der Waals surface area (Å²) in [7, 11) is 0. The van der Waals surface area contributed by atoms with Gasteiger partial charge in [0.05, 0.1) is 22.3 Å². The molecule has 0 saturated heterocycles. The predicted molar refractivity (Wildman–Crippen MR) is 79.3 cm³/mol. The van der Waals surface area contributed by atoms with Crippen molar-refractivity contribution in [3.8, 4) is 0 Å². The number of aryl methyl sites for hydroxylation is 1. The van der Waals surface area contributed by atoms with Crippen molar-refractivity contribution in [2.75, 3.05) is 0 Å². The highest BCUT2D eigenvalue weighted by molar-refractivity contribution is 9.10. The number of pyridine rings is 1. The van der Waals surface area contributed by atoms with Gasteiger partial charge in [-0.1, -0.05) is 6.92 Å². The molecular formula is C13H14BrN3OS. The lowest BCUT2D eigenvalue weighted by Crippen LogP contribution is -2.27. The molecule has 0 bridgehead atoms. The summed E-state index contributed by atoms with van der Waals surface area (Å²) < 4.78 is 0.787. The first-order valence-corrected chi connectivity index (χ1v) is 7.63. The molecule has 0 aliphatic heterocycles. The Kier molecular flexibility index (Phi) is 4.66. The number of nitrogens with one attached hydrogen (secondary N) is 1. The molecule has 2 aromatic heterocycles. The van der Waals surface area contributed by atoms with Gasteiger partial charge < -0.3 is 5.32 Å². The Morgan fingerprint density at radius 1 is 1.53 bits per heavy atom. The molecular weight excluding hydrogens is 326 g/mol. The summed E-state index contributed by atoms with van der Waals surface area (Å²) >= 11 is 4.92. The van der Waals surface area contributed by atoms with Crippen LogP contribution in [-0.2, 0) is 6.42 Å². The molecule has 0 spiro atoms. The van der Waals surface area contributed by atoms with E-state index in [4.69, 9.17) is 0 Å². The average molecular weight is 340 g/mol. The third-order valence-corrected chi connectivity index (χ3v) is 4.08. The van der Waals surface area contributed by atoms with Gasteiger partial charge in [-0.25, -0.2) is 4.98 Å². The molecule has 2 heterocycles. The molecule has 1 unspecified atom stereocenters. The molecule has 100 valence electrons. The number of thiazole rings is 1. The van der Waals surface area contributed by atoms with Gasteiger partial charge in [0.1, 0.15) is 0 Å². The van der Waals surface area contributed by atoms with Crippen molar-refractivity contribution in [1.82, 2.24) is 15.3 Å². The van der Waals surface area contributed by atoms with Crippen LogP contribution in [0.5, 0.6) is 0 Å². The van der Waals surface area contributed by atoms with Gasteiger partial charge in [0, 0.05) is 22.2 Å². The average Bonchev–Trinajstić information content (AvgIpc) is 2.87. The molecule has 0 aliphatic rings. The summed E-state index contributed by atoms with van der Waals surface area (Å²) in [6, 6.07) is 1.64. The van der Waals surface area contributed by atoms with Crippen molar-refractivity contribution < 1.29 is 4.79 Å². The standard InChI is InChI=1S/C13H14BrN3OS/c1-3-12-17-11(7-19-12)8(2)16-13(18)9-4-10(14)6-15-5-9/h4-8H,3H2,1-2H3,(H,16,18). The second-order valence-electron chi connectivity index (χ2n) is 4.11. The fraction of sp³-hybridized carbons (Fsp3) is 0.308. The van der Waals surface area contributed by atoms with Gasteiger partial charge in [-0.05, 0) is 35.3 Å². The van der Waals surface area contributed by atoms with Crippen LogP contribution < -0.4 is 5.32 Å². The van der Waals surface area contributed by atoms with Crippen molar-refractivity contribution in [3.05, 3.63) is 44.6 Å². The molecule has 0 radical (unpaired) electrons. The van der Waals surface area contributed by atoms with Crippen LogP contribution in [0.2, 0.25) is 0 Å². The van der Waals surface area contributed by atoms with Gasteiger partial charge in [-0.15, -0.1) is 11.3 Å². The maximum atomic E-state index is 12.1. The summed E-state index contributed by atoms with van der Waals surface area (Å²) in [5, 5.41) is 5.99. The molecule has 2 rings (SSSR count). The first-order valence-electron chi connectivity index (χ1n) is 5.96. The van der Waals surface area contributed by atoms with E-state index >= 15 is 0 Å². The Morgan fingerprint density at radius 3 is 2.95 bits per heavy atom. The molecule has 0 saturated carbocycles. The first-order chi connectivity index (χ1) is 9.10. The van der Waals surface area contributed by atoms with Crippen LogP contribution in [0.15, 0.2) is 28.3 Å². The normalized spacial score (nSPS) is 12.2. The van der Waals surface area contributed by atoms with Crippen molar-refractivity contribution in [1.29, 1.82) is 0 Å². The minimum absolute atomic E-state index is 0.108. The van der Waals surface area contributed by atoms with E-state index in [1.165, 1.54) is 0 Å². The third-order valence-electron chi connectivity index (χ3n) is 2.63. The predicted octanol–water partition coefficient (Wildman–Crippen LogP) is 3.35. The number of rotatable bonds is 4. The van der Waals surface area contributed by atoms with Gasteiger partial charge >= 0.3 is 0 Å². The van der Waals surface area contributed by atoms with E-state index in [1.54, 1.807) is 29.8 Å². The summed E-state index contributed by atoms with van der Waals surface area (Å²) in [6.45, 7) is 4.00. The zero-order valence-corrected chi connectivity index (χ0v) is 13.1. The van der Waals surface area contributed by atoms with Crippen LogP contribution in [0.4, 0.5) is 0 Å². The van der Waals surface area contributed by atoms with Crippen molar-refractivity contribution in [3.63, 3.8) is 0 Å². The minimum atomic E-state index is -0.146. The number of nitrogens with zero attached hydrogens (tertiary/aromatic N) is 2. The van der Waals surface area contributed by atoms with E-state index in [2.05, 4.69) is 38.1 Å². The Bertz CT molecular complexity index is 585. The van der Waals surface area contributed by atoms with Gasteiger partial charge in [-0.3, -0.25) is 9.78 Å². The molecule has 0 fully saturated rings. The maximum Gasteiger partial charge on any atom is 0.253 e. The summed E-state index contributed by atoms with van der Waals surface area (Å²) in [5.74, 6) is -0.146. The number of amides is 1. The fourth-order valence-corrected chi connectivity index (χ4v) is 2.78. The fourth-order valence-electron chi connectivity index (χ4n) is 1.58. The first kappa shape index (κ1) is 14.1. The van der Waals surface area contributed by atoms with Crippen LogP contribution >= 0.6 is 27.3 Å². The number of aromatic nitrogens is 2. The number of carbonyl (C=O) groups excluding carboxylic acids is 1. The molecule has 2 aromatic rings. The SMILES string of the molecule is CCc1nc(C(C)NC(=O)c2cncc(Br)c2)cs1. The molecule has 0 aromatic carbocycles. The number of halogens is 1. The van der Waals surface area contributed by atoms with Gasteiger partial charge in [-0.2, -0.15) is 0 Å². The van der Waals surface area contributed by atoms with Crippen LogP contribution in [-0.4, -0.2) is 15.9 Å². The highest BCUT2D eigenvalue weighted by Crippen LogP contribution is 2.17. The van der Waals surface area contributed by atoms with Crippen LogP contribution in [0, 0.1) is 0 Å². The zero-order chi connectivity index (χ0) is 13.8. The van der Waals surface area contributed by atoms with Crippen LogP contribution in [0.25, 0.3) is 0 Å². The number of carbonyl (C=O) groups is 1. The van der Waals surface area contributed by atoms with E-state index < -0.39 is 0 Å². The topological polar surface area (TPSA) is 54.9 Å². The Balaban J connectivity index is 2.06. The molecule has 1 amide bonds. The van der Waals surface area contributed by atoms with E-state index in [0.29, 0.717) is 5.56 Å². The van der Waals surface area contributed by atoms with Gasteiger partial charge in [0.2, 0.25) is 0 Å². The highest BCUT2D eigenvalue weighted by Gasteiger charge is 2.14. The van der Waals surface area contributed by atoms with Crippen LogP contribution in [0.1, 0.15) is 40.9 Å². The summed E-state index contributed by atoms with van der Waals surface area (Å²) in [5.41, 5.74) is 1.44. The molecule has 1 N–H and O–H groups in total. The summed E-state index contributed by atoms with van der Waals surface area (Å²) in [4.78, 5) is 20.5. The van der Waals surface area contributed by atoms with E-state index in [-0.39, 0.29) is 11.9 Å². The van der Waals surface area contributed by atoms with Crippen molar-refractivity contribution >= 4 is 33.2 Å². The maximum absolute atomic E-state index is 12.1. The number of hydrogen-bond acceptors (Lipinski definition) is 4. The Morgan fingerprint density at radius 2 is 2.32 bits per heavy atom. The summed E-state index contributed by atoms with van der Waals surface area (Å²) in [6.07, 6.45) is 4.11. The van der Waals surface area contributed by atoms with Crippen molar-refractivity contribution in [2.24, 2.45) is 0 Å². The minimum Gasteiger partial charge on any atom is -0.344 e. The molecule has 6 heteroatoms. The second kappa shape index (κ2) is 6.25. The third kappa shape index (κ3) is 3.61. The van der Waals surface area contributed by atoms with E-state index in [9.17, 15) is 4.79 Å². The van der Waals surface area contributed by atoms with Crippen molar-refractivity contribution in [2.45, 2.75) is 26.3 Å². The molecule has 4 nitrogen and oxygen atoms in total. The van der Waals surface area contributed by atoms with Crippen LogP contribution in [0.3, 0.4) is 0 Å². The molecule has 0 aliphatic carbocycles. The van der Waals surface area contributed by atoms with E-state index in [1.807, 2.05) is 12.3 Å². The smallest absolute Gasteiger partial charge is 0.253 e. The highest BCUT2D eigenvalue weighted by atomic mass is 79.9.